The molecule has 84 valence electrons. The van der Waals surface area contributed by atoms with Crippen LogP contribution in [0.15, 0.2) is 0 Å². The normalized spacial score (nSPS) is 31.7. The van der Waals surface area contributed by atoms with Crippen molar-refractivity contribution in [3.8, 4) is 0 Å². The summed E-state index contributed by atoms with van der Waals surface area (Å²) in [6, 6.07) is 1.91. The molecule has 1 aliphatic heterocycles. The first-order valence-corrected chi connectivity index (χ1v) is 5.63. The van der Waals surface area contributed by atoms with Crippen molar-refractivity contribution >= 4 is 0 Å². The second-order valence-electron chi connectivity index (χ2n) is 4.49. The van der Waals surface area contributed by atoms with Crippen LogP contribution in [-0.4, -0.2) is 49.8 Å². The fourth-order valence-corrected chi connectivity index (χ4v) is 2.12. The number of piperazine rings is 1. The average Bonchev–Trinajstić information content (AvgIpc) is 2.18. The van der Waals surface area contributed by atoms with E-state index in [1.165, 1.54) is 0 Å². The van der Waals surface area contributed by atoms with Crippen molar-refractivity contribution in [3.63, 3.8) is 0 Å². The third-order valence-corrected chi connectivity index (χ3v) is 3.12. The average molecular weight is 200 g/mol. The first kappa shape index (κ1) is 12.0. The molecule has 0 spiro atoms. The molecule has 1 fully saturated rings. The molecule has 3 unspecified atom stereocenters. The first-order valence-electron chi connectivity index (χ1n) is 5.63. The van der Waals surface area contributed by atoms with Crippen molar-refractivity contribution in [3.05, 3.63) is 0 Å². The molecule has 0 bridgehead atoms. The van der Waals surface area contributed by atoms with Crippen molar-refractivity contribution in [1.29, 1.82) is 0 Å². The van der Waals surface area contributed by atoms with E-state index < -0.39 is 0 Å². The van der Waals surface area contributed by atoms with E-state index in [1.54, 1.807) is 7.11 Å². The van der Waals surface area contributed by atoms with E-state index in [9.17, 15) is 0 Å². The minimum absolute atomic E-state index is 0.621. The topological polar surface area (TPSA) is 24.5 Å². The first-order chi connectivity index (χ1) is 6.65. The van der Waals surface area contributed by atoms with Crippen LogP contribution < -0.4 is 5.32 Å². The second kappa shape index (κ2) is 5.69. The molecule has 1 saturated heterocycles. The van der Waals surface area contributed by atoms with Crippen molar-refractivity contribution in [2.45, 2.75) is 45.3 Å². The molecule has 0 radical (unpaired) electrons. The van der Waals surface area contributed by atoms with Crippen molar-refractivity contribution in [1.82, 2.24) is 10.2 Å². The third kappa shape index (κ3) is 3.23. The molecule has 3 heteroatoms. The van der Waals surface area contributed by atoms with Crippen LogP contribution in [0, 0.1) is 0 Å². The number of nitrogens with one attached hydrogen (secondary N) is 1. The van der Waals surface area contributed by atoms with Gasteiger partial charge in [0.15, 0.2) is 0 Å². The van der Waals surface area contributed by atoms with E-state index in [0.717, 1.165) is 26.1 Å². The number of nitrogens with zero attached hydrogens (tertiary/aromatic N) is 1. The van der Waals surface area contributed by atoms with Gasteiger partial charge in [0, 0.05) is 44.9 Å². The summed E-state index contributed by atoms with van der Waals surface area (Å²) in [6.45, 7) is 9.98. The lowest BCUT2D eigenvalue weighted by molar-refractivity contribution is 0.0789. The molecule has 0 amide bonds. The Morgan fingerprint density at radius 3 is 2.86 bits per heavy atom. The number of hydrogen-bond acceptors (Lipinski definition) is 3. The molecule has 0 aromatic heterocycles. The van der Waals surface area contributed by atoms with E-state index in [-0.39, 0.29) is 0 Å². The predicted molar refractivity (Wildman–Crippen MR) is 59.6 cm³/mol. The molecular weight excluding hydrogens is 176 g/mol. The molecular formula is C11H24N2O. The summed E-state index contributed by atoms with van der Waals surface area (Å²) in [5.74, 6) is 0. The Balaban J connectivity index is 2.38. The molecule has 0 saturated carbocycles. The van der Waals surface area contributed by atoms with Gasteiger partial charge in [0.1, 0.15) is 0 Å². The molecule has 0 aromatic rings. The lowest BCUT2D eigenvalue weighted by Gasteiger charge is -2.41. The highest BCUT2D eigenvalue weighted by Gasteiger charge is 2.25. The van der Waals surface area contributed by atoms with Crippen LogP contribution in [0.25, 0.3) is 0 Å². The second-order valence-corrected chi connectivity index (χ2v) is 4.49. The molecule has 1 rings (SSSR count). The van der Waals surface area contributed by atoms with Gasteiger partial charge < -0.3 is 10.1 Å². The lowest BCUT2D eigenvalue weighted by Crippen LogP contribution is -2.57. The Bertz CT molecular complexity index is 163. The minimum Gasteiger partial charge on any atom is -0.385 e. The molecule has 3 atom stereocenters. The lowest BCUT2D eigenvalue weighted by atomic mass is 10.1. The summed E-state index contributed by atoms with van der Waals surface area (Å²) in [5.41, 5.74) is 0. The van der Waals surface area contributed by atoms with Gasteiger partial charge in [0.25, 0.3) is 0 Å². The van der Waals surface area contributed by atoms with Gasteiger partial charge >= 0.3 is 0 Å². The number of methoxy groups -OCH3 is 1. The van der Waals surface area contributed by atoms with Gasteiger partial charge in [0.2, 0.25) is 0 Å². The molecule has 3 nitrogen and oxygen atoms in total. The van der Waals surface area contributed by atoms with E-state index >= 15 is 0 Å². The van der Waals surface area contributed by atoms with E-state index in [0.29, 0.717) is 18.1 Å². The summed E-state index contributed by atoms with van der Waals surface area (Å²) in [5, 5.41) is 3.50. The van der Waals surface area contributed by atoms with E-state index in [4.69, 9.17) is 4.74 Å². The zero-order valence-electron chi connectivity index (χ0n) is 9.92. The fraction of sp³-hybridized carbons (Fsp3) is 1.00. The Morgan fingerprint density at radius 1 is 1.50 bits per heavy atom. The van der Waals surface area contributed by atoms with Crippen LogP contribution in [0.4, 0.5) is 0 Å². The SMILES string of the molecule is COCCC(C)N1CC(C)NCC1C. The maximum absolute atomic E-state index is 5.12. The van der Waals surface area contributed by atoms with Crippen LogP contribution in [0.3, 0.4) is 0 Å². The molecule has 14 heavy (non-hydrogen) atoms. The molecule has 0 aromatic carbocycles. The Morgan fingerprint density at radius 2 is 2.21 bits per heavy atom. The van der Waals surface area contributed by atoms with Crippen LogP contribution in [0.5, 0.6) is 0 Å². The van der Waals surface area contributed by atoms with E-state index in [1.807, 2.05) is 0 Å². The molecule has 1 heterocycles. The highest BCUT2D eigenvalue weighted by atomic mass is 16.5. The smallest absolute Gasteiger partial charge is 0.0477 e. The van der Waals surface area contributed by atoms with Crippen molar-refractivity contribution in [2.75, 3.05) is 26.8 Å². The maximum atomic E-state index is 5.12. The zero-order valence-corrected chi connectivity index (χ0v) is 9.92. The Kier molecular flexibility index (Phi) is 4.85. The van der Waals surface area contributed by atoms with Crippen LogP contribution in [-0.2, 0) is 4.74 Å². The maximum Gasteiger partial charge on any atom is 0.0477 e. The number of hydrogen-bond donors (Lipinski definition) is 1. The molecule has 1 N–H and O–H groups in total. The van der Waals surface area contributed by atoms with Crippen molar-refractivity contribution in [2.24, 2.45) is 0 Å². The standard InChI is InChI=1S/C11H24N2O/c1-9-8-13(11(3)7-12-9)10(2)5-6-14-4/h9-12H,5-8H2,1-4H3. The van der Waals surface area contributed by atoms with Gasteiger partial charge in [-0.25, -0.2) is 0 Å². The van der Waals surface area contributed by atoms with Gasteiger partial charge in [-0.1, -0.05) is 0 Å². The quantitative estimate of drug-likeness (QED) is 0.735. The number of rotatable bonds is 4. The van der Waals surface area contributed by atoms with Gasteiger partial charge in [0.05, 0.1) is 0 Å². The largest absolute Gasteiger partial charge is 0.385 e. The highest BCUT2D eigenvalue weighted by Crippen LogP contribution is 2.13. The summed E-state index contributed by atoms with van der Waals surface area (Å²) in [4.78, 5) is 2.58. The monoisotopic (exact) mass is 200 g/mol. The van der Waals surface area contributed by atoms with Crippen LogP contribution in [0.1, 0.15) is 27.2 Å². The fourth-order valence-electron chi connectivity index (χ4n) is 2.12. The predicted octanol–water partition coefficient (Wildman–Crippen LogP) is 1.09. The minimum atomic E-state index is 0.621. The Hall–Kier alpha value is -0.120. The third-order valence-electron chi connectivity index (χ3n) is 3.12. The Labute approximate surface area is 87.8 Å². The molecule has 0 aliphatic carbocycles. The van der Waals surface area contributed by atoms with Crippen molar-refractivity contribution < 1.29 is 4.74 Å². The molecule has 1 aliphatic rings. The summed E-state index contributed by atoms with van der Waals surface area (Å²) in [7, 11) is 1.77. The van der Waals surface area contributed by atoms with Crippen LogP contribution >= 0.6 is 0 Å². The van der Waals surface area contributed by atoms with Gasteiger partial charge in [-0.3, -0.25) is 4.90 Å². The number of ether oxygens (including phenoxy) is 1. The summed E-state index contributed by atoms with van der Waals surface area (Å²) in [6.07, 6.45) is 1.13. The zero-order chi connectivity index (χ0) is 10.6. The van der Waals surface area contributed by atoms with Crippen LogP contribution in [0.2, 0.25) is 0 Å². The summed E-state index contributed by atoms with van der Waals surface area (Å²) >= 11 is 0. The van der Waals surface area contributed by atoms with E-state index in [2.05, 4.69) is 31.0 Å². The van der Waals surface area contributed by atoms with Gasteiger partial charge in [-0.2, -0.15) is 0 Å². The highest BCUT2D eigenvalue weighted by molar-refractivity contribution is 4.84. The van der Waals surface area contributed by atoms with Gasteiger partial charge in [-0.05, 0) is 27.2 Å². The summed E-state index contributed by atoms with van der Waals surface area (Å²) < 4.78 is 5.12. The van der Waals surface area contributed by atoms with Gasteiger partial charge in [-0.15, -0.1) is 0 Å².